The van der Waals surface area contributed by atoms with Crippen LogP contribution < -0.4 is 0 Å². The summed E-state index contributed by atoms with van der Waals surface area (Å²) < 4.78 is 10.5. The summed E-state index contributed by atoms with van der Waals surface area (Å²) in [6.45, 7) is 3.45. The third kappa shape index (κ3) is 3.75. The minimum Gasteiger partial charge on any atom is -0.468 e. The first-order chi connectivity index (χ1) is 11.1. The molecule has 1 saturated heterocycles. The molecule has 1 amide bonds. The van der Waals surface area contributed by atoms with E-state index in [9.17, 15) is 9.59 Å². The van der Waals surface area contributed by atoms with Gasteiger partial charge in [-0.25, -0.2) is 0 Å². The zero-order valence-corrected chi connectivity index (χ0v) is 13.8. The molecule has 6 heteroatoms. The van der Waals surface area contributed by atoms with Gasteiger partial charge in [0, 0.05) is 6.04 Å². The lowest BCUT2D eigenvalue weighted by molar-refractivity contribution is -0.147. The van der Waals surface area contributed by atoms with E-state index in [0.717, 1.165) is 43.7 Å². The van der Waals surface area contributed by atoms with Crippen LogP contribution in [0.2, 0.25) is 0 Å². The molecule has 23 heavy (non-hydrogen) atoms. The molecular formula is C17H24N2O4. The van der Waals surface area contributed by atoms with E-state index in [-0.39, 0.29) is 24.5 Å². The summed E-state index contributed by atoms with van der Waals surface area (Å²) in [4.78, 5) is 28.4. The Kier molecular flexibility index (Phi) is 4.71. The van der Waals surface area contributed by atoms with Gasteiger partial charge in [-0.05, 0) is 51.3 Å². The van der Waals surface area contributed by atoms with Gasteiger partial charge in [-0.3, -0.25) is 14.5 Å². The maximum Gasteiger partial charge on any atom is 0.323 e. The first-order valence-corrected chi connectivity index (χ1v) is 8.25. The Morgan fingerprint density at radius 2 is 2.13 bits per heavy atom. The standard InChI is InChI=1S/C17H24N2O4/c1-12-5-8-14(23-12)10-19(13-6-7-13)16(20)11-18-9-3-4-15(18)17(21)22-2/h5,8,13,15H,3-4,6-7,9-11H2,1-2H3. The number of carbonyl (C=O) groups is 2. The smallest absolute Gasteiger partial charge is 0.323 e. The summed E-state index contributed by atoms with van der Waals surface area (Å²) in [6, 6.07) is 3.87. The van der Waals surface area contributed by atoms with Crippen molar-refractivity contribution in [3.8, 4) is 0 Å². The second-order valence-corrected chi connectivity index (χ2v) is 6.42. The van der Waals surface area contributed by atoms with Gasteiger partial charge in [-0.15, -0.1) is 0 Å². The highest BCUT2D eigenvalue weighted by atomic mass is 16.5. The molecule has 1 saturated carbocycles. The van der Waals surface area contributed by atoms with Gasteiger partial charge in [0.15, 0.2) is 0 Å². The molecule has 3 rings (SSSR count). The fraction of sp³-hybridized carbons (Fsp3) is 0.647. The predicted molar refractivity (Wildman–Crippen MR) is 83.6 cm³/mol. The van der Waals surface area contributed by atoms with Crippen molar-refractivity contribution in [3.63, 3.8) is 0 Å². The lowest BCUT2D eigenvalue weighted by Crippen LogP contribution is -2.45. The van der Waals surface area contributed by atoms with Crippen LogP contribution in [-0.2, 0) is 20.9 Å². The molecule has 2 heterocycles. The average Bonchev–Trinajstić information content (AvgIpc) is 3.13. The van der Waals surface area contributed by atoms with Gasteiger partial charge in [-0.1, -0.05) is 0 Å². The van der Waals surface area contributed by atoms with Crippen molar-refractivity contribution in [2.75, 3.05) is 20.2 Å². The van der Waals surface area contributed by atoms with Crippen LogP contribution in [-0.4, -0.2) is 54.0 Å². The molecule has 1 aliphatic heterocycles. The number of furan rings is 1. The number of aryl methyl sites for hydroxylation is 1. The Morgan fingerprint density at radius 3 is 2.74 bits per heavy atom. The lowest BCUT2D eigenvalue weighted by atomic mass is 10.2. The van der Waals surface area contributed by atoms with Gasteiger partial charge in [0.1, 0.15) is 17.6 Å². The molecule has 0 spiro atoms. The van der Waals surface area contributed by atoms with Gasteiger partial charge >= 0.3 is 5.97 Å². The number of likely N-dealkylation sites (tertiary alicyclic amines) is 1. The second kappa shape index (κ2) is 6.74. The molecule has 2 aliphatic rings. The molecule has 1 atom stereocenters. The Bertz CT molecular complexity index is 579. The van der Waals surface area contributed by atoms with Crippen molar-refractivity contribution in [2.45, 2.75) is 51.2 Å². The number of nitrogens with zero attached hydrogens (tertiary/aromatic N) is 2. The van der Waals surface area contributed by atoms with E-state index in [2.05, 4.69) is 0 Å². The fourth-order valence-corrected chi connectivity index (χ4v) is 3.23. The number of ether oxygens (including phenoxy) is 1. The normalized spacial score (nSPS) is 21.4. The maximum atomic E-state index is 12.7. The van der Waals surface area contributed by atoms with Crippen LogP contribution in [0.25, 0.3) is 0 Å². The highest BCUT2D eigenvalue weighted by Crippen LogP contribution is 2.29. The Balaban J connectivity index is 1.63. The number of hydrogen-bond acceptors (Lipinski definition) is 5. The molecular weight excluding hydrogens is 296 g/mol. The molecule has 1 aromatic heterocycles. The molecule has 126 valence electrons. The van der Waals surface area contributed by atoms with Gasteiger partial charge in [0.05, 0.1) is 20.2 Å². The Labute approximate surface area is 136 Å². The van der Waals surface area contributed by atoms with Crippen LogP contribution >= 0.6 is 0 Å². The topological polar surface area (TPSA) is 63.0 Å². The second-order valence-electron chi connectivity index (χ2n) is 6.42. The SMILES string of the molecule is COC(=O)C1CCCN1CC(=O)N(Cc1ccc(C)o1)C1CC1. The molecule has 0 bridgehead atoms. The summed E-state index contributed by atoms with van der Waals surface area (Å²) in [6.07, 6.45) is 3.78. The lowest BCUT2D eigenvalue weighted by Gasteiger charge is -2.27. The summed E-state index contributed by atoms with van der Waals surface area (Å²) in [5.74, 6) is 1.49. The monoisotopic (exact) mass is 320 g/mol. The Morgan fingerprint density at radius 1 is 1.35 bits per heavy atom. The first-order valence-electron chi connectivity index (χ1n) is 8.25. The number of rotatable bonds is 6. The zero-order chi connectivity index (χ0) is 16.4. The van der Waals surface area contributed by atoms with E-state index in [1.54, 1.807) is 0 Å². The van der Waals surface area contributed by atoms with Gasteiger partial charge < -0.3 is 14.1 Å². The van der Waals surface area contributed by atoms with E-state index >= 15 is 0 Å². The van der Waals surface area contributed by atoms with Crippen LogP contribution in [0.3, 0.4) is 0 Å². The average molecular weight is 320 g/mol. The highest BCUT2D eigenvalue weighted by Gasteiger charge is 2.37. The zero-order valence-electron chi connectivity index (χ0n) is 13.8. The predicted octanol–water partition coefficient (Wildman–Crippen LogP) is 1.72. The minimum atomic E-state index is -0.282. The van der Waals surface area contributed by atoms with Crippen molar-refractivity contribution >= 4 is 11.9 Å². The summed E-state index contributed by atoms with van der Waals surface area (Å²) >= 11 is 0. The quantitative estimate of drug-likeness (QED) is 0.747. The van der Waals surface area contributed by atoms with E-state index in [4.69, 9.17) is 9.15 Å². The van der Waals surface area contributed by atoms with Gasteiger partial charge in [0.25, 0.3) is 0 Å². The molecule has 2 fully saturated rings. The molecule has 6 nitrogen and oxygen atoms in total. The van der Waals surface area contributed by atoms with Crippen LogP contribution in [0.15, 0.2) is 16.5 Å². The van der Waals surface area contributed by atoms with Crippen molar-refractivity contribution in [1.82, 2.24) is 9.80 Å². The molecule has 0 N–H and O–H groups in total. The number of amides is 1. The van der Waals surface area contributed by atoms with Gasteiger partial charge in [0.2, 0.25) is 5.91 Å². The van der Waals surface area contributed by atoms with Crippen molar-refractivity contribution in [3.05, 3.63) is 23.7 Å². The highest BCUT2D eigenvalue weighted by molar-refractivity contribution is 5.81. The van der Waals surface area contributed by atoms with Gasteiger partial charge in [-0.2, -0.15) is 0 Å². The summed E-state index contributed by atoms with van der Waals surface area (Å²) in [7, 11) is 1.40. The van der Waals surface area contributed by atoms with E-state index < -0.39 is 0 Å². The number of esters is 1. The van der Waals surface area contributed by atoms with Crippen molar-refractivity contribution < 1.29 is 18.7 Å². The summed E-state index contributed by atoms with van der Waals surface area (Å²) in [5.41, 5.74) is 0. The van der Waals surface area contributed by atoms with Crippen molar-refractivity contribution in [1.29, 1.82) is 0 Å². The Hall–Kier alpha value is -1.82. The molecule has 1 aromatic rings. The van der Waals surface area contributed by atoms with Crippen LogP contribution in [0, 0.1) is 6.92 Å². The van der Waals surface area contributed by atoms with Crippen molar-refractivity contribution in [2.24, 2.45) is 0 Å². The largest absolute Gasteiger partial charge is 0.468 e. The molecule has 1 aliphatic carbocycles. The van der Waals surface area contributed by atoms with Crippen LogP contribution in [0.4, 0.5) is 0 Å². The van der Waals surface area contributed by atoms with Crippen LogP contribution in [0.5, 0.6) is 0 Å². The third-order valence-corrected chi connectivity index (χ3v) is 4.61. The molecule has 0 radical (unpaired) electrons. The molecule has 0 aromatic carbocycles. The number of carbonyl (C=O) groups excluding carboxylic acids is 2. The first kappa shape index (κ1) is 16.1. The summed E-state index contributed by atoms with van der Waals surface area (Å²) in [5, 5.41) is 0. The van der Waals surface area contributed by atoms with E-state index in [1.165, 1.54) is 7.11 Å². The third-order valence-electron chi connectivity index (χ3n) is 4.61. The maximum absolute atomic E-state index is 12.7. The van der Waals surface area contributed by atoms with Crippen LogP contribution in [0.1, 0.15) is 37.2 Å². The number of hydrogen-bond donors (Lipinski definition) is 0. The fourth-order valence-electron chi connectivity index (χ4n) is 3.23. The molecule has 1 unspecified atom stereocenters. The van der Waals surface area contributed by atoms with E-state index in [0.29, 0.717) is 12.6 Å². The number of methoxy groups -OCH3 is 1. The van der Waals surface area contributed by atoms with E-state index in [1.807, 2.05) is 28.9 Å². The minimum absolute atomic E-state index is 0.0670.